The lowest BCUT2D eigenvalue weighted by Crippen LogP contribution is -2.21. The largest absolute Gasteiger partial charge is 0.372 e. The predicted octanol–water partition coefficient (Wildman–Crippen LogP) is 3.54. The third-order valence-electron chi connectivity index (χ3n) is 3.77. The summed E-state index contributed by atoms with van der Waals surface area (Å²) in [7, 11) is 0. The molecule has 0 aliphatic rings. The van der Waals surface area contributed by atoms with Crippen molar-refractivity contribution >= 4 is 17.8 Å². The molecule has 0 fully saturated rings. The van der Waals surface area contributed by atoms with Gasteiger partial charge in [0.2, 0.25) is 0 Å². The lowest BCUT2D eigenvalue weighted by Gasteiger charge is -2.20. The molecule has 2 rings (SSSR count). The number of nitriles is 2. The van der Waals surface area contributed by atoms with Crippen LogP contribution in [-0.4, -0.2) is 23.1 Å². The number of benzene rings is 1. The summed E-state index contributed by atoms with van der Waals surface area (Å²) in [6.45, 7) is 8.00. The number of rotatable bonds is 5. The Morgan fingerprint density at radius 3 is 2.08 bits per heavy atom. The number of aromatic nitrogens is 2. The second-order valence-corrected chi connectivity index (χ2v) is 5.21. The standard InChI is InChI=1S/C19H19N5/c1-4-24(5-2)16-9-6-15(7-10-16)8-11-17-14(3)22-18(12-20)19(13-21)23-17/h6-11H,4-5H2,1-3H3/b11-8+. The third-order valence-corrected chi connectivity index (χ3v) is 3.77. The van der Waals surface area contributed by atoms with Crippen LogP contribution in [0.5, 0.6) is 0 Å². The summed E-state index contributed by atoms with van der Waals surface area (Å²) in [5.74, 6) is 0. The van der Waals surface area contributed by atoms with E-state index in [0.29, 0.717) is 11.4 Å². The van der Waals surface area contributed by atoms with Crippen molar-refractivity contribution in [1.82, 2.24) is 9.97 Å². The van der Waals surface area contributed by atoms with E-state index in [-0.39, 0.29) is 11.4 Å². The van der Waals surface area contributed by atoms with Gasteiger partial charge in [-0.1, -0.05) is 18.2 Å². The molecule has 0 saturated carbocycles. The fourth-order valence-electron chi connectivity index (χ4n) is 2.41. The monoisotopic (exact) mass is 317 g/mol. The molecule has 120 valence electrons. The van der Waals surface area contributed by atoms with Crippen molar-refractivity contribution in [2.24, 2.45) is 0 Å². The first-order valence-electron chi connectivity index (χ1n) is 7.84. The fourth-order valence-corrected chi connectivity index (χ4v) is 2.41. The van der Waals surface area contributed by atoms with Crippen LogP contribution in [0.3, 0.4) is 0 Å². The van der Waals surface area contributed by atoms with Crippen molar-refractivity contribution in [3.05, 3.63) is 52.6 Å². The fraction of sp³-hybridized carbons (Fsp3) is 0.263. The van der Waals surface area contributed by atoms with Crippen molar-refractivity contribution in [3.8, 4) is 12.1 Å². The zero-order valence-electron chi connectivity index (χ0n) is 14.1. The lowest BCUT2D eigenvalue weighted by atomic mass is 10.1. The van der Waals surface area contributed by atoms with Crippen molar-refractivity contribution in [2.45, 2.75) is 20.8 Å². The number of aryl methyl sites for hydroxylation is 1. The molecular weight excluding hydrogens is 298 g/mol. The molecule has 1 aromatic carbocycles. The summed E-state index contributed by atoms with van der Waals surface area (Å²) in [5.41, 5.74) is 3.57. The van der Waals surface area contributed by atoms with Crippen molar-refractivity contribution in [2.75, 3.05) is 18.0 Å². The Hall–Kier alpha value is -3.18. The summed E-state index contributed by atoms with van der Waals surface area (Å²) in [6.07, 6.45) is 3.74. The van der Waals surface area contributed by atoms with E-state index < -0.39 is 0 Å². The molecule has 0 saturated heterocycles. The van der Waals surface area contributed by atoms with Crippen LogP contribution in [0.1, 0.15) is 42.2 Å². The number of nitrogens with zero attached hydrogens (tertiary/aromatic N) is 5. The van der Waals surface area contributed by atoms with Crippen LogP contribution in [0.2, 0.25) is 0 Å². The molecule has 0 atom stereocenters. The highest BCUT2D eigenvalue weighted by Gasteiger charge is 2.08. The van der Waals surface area contributed by atoms with E-state index in [1.54, 1.807) is 6.92 Å². The first kappa shape index (κ1) is 17.2. The maximum atomic E-state index is 9.05. The van der Waals surface area contributed by atoms with Gasteiger partial charge >= 0.3 is 0 Å². The minimum atomic E-state index is 0.0552. The second-order valence-electron chi connectivity index (χ2n) is 5.21. The lowest BCUT2D eigenvalue weighted by molar-refractivity contribution is 0.866. The van der Waals surface area contributed by atoms with Gasteiger partial charge in [0.1, 0.15) is 12.1 Å². The molecule has 0 radical (unpaired) electrons. The van der Waals surface area contributed by atoms with Crippen LogP contribution in [0.15, 0.2) is 24.3 Å². The van der Waals surface area contributed by atoms with Gasteiger partial charge < -0.3 is 4.90 Å². The van der Waals surface area contributed by atoms with Crippen LogP contribution >= 0.6 is 0 Å². The molecule has 24 heavy (non-hydrogen) atoms. The summed E-state index contributed by atoms with van der Waals surface area (Å²) in [5, 5.41) is 18.0. The van der Waals surface area contributed by atoms with Crippen molar-refractivity contribution in [3.63, 3.8) is 0 Å². The predicted molar refractivity (Wildman–Crippen MR) is 95.1 cm³/mol. The SMILES string of the molecule is CCN(CC)c1ccc(/C=C/c2nc(C#N)c(C#N)nc2C)cc1. The molecule has 0 aliphatic heterocycles. The Morgan fingerprint density at radius 1 is 0.958 bits per heavy atom. The van der Waals surface area contributed by atoms with Gasteiger partial charge in [0.15, 0.2) is 11.4 Å². The molecule has 5 nitrogen and oxygen atoms in total. The van der Waals surface area contributed by atoms with E-state index in [4.69, 9.17) is 10.5 Å². The normalized spacial score (nSPS) is 10.4. The van der Waals surface area contributed by atoms with E-state index >= 15 is 0 Å². The minimum Gasteiger partial charge on any atom is -0.372 e. The molecule has 0 N–H and O–H groups in total. The Morgan fingerprint density at radius 2 is 1.54 bits per heavy atom. The van der Waals surface area contributed by atoms with E-state index in [9.17, 15) is 0 Å². The van der Waals surface area contributed by atoms with Gasteiger partial charge in [0.05, 0.1) is 11.4 Å². The highest BCUT2D eigenvalue weighted by atomic mass is 15.1. The van der Waals surface area contributed by atoms with E-state index in [0.717, 1.165) is 18.7 Å². The van der Waals surface area contributed by atoms with E-state index in [1.165, 1.54) is 5.69 Å². The summed E-state index contributed by atoms with van der Waals surface area (Å²) in [4.78, 5) is 10.6. The van der Waals surface area contributed by atoms with Crippen LogP contribution in [0.4, 0.5) is 5.69 Å². The molecule has 0 spiro atoms. The molecule has 0 aliphatic carbocycles. The van der Waals surface area contributed by atoms with Crippen molar-refractivity contribution < 1.29 is 0 Å². The summed E-state index contributed by atoms with van der Waals surface area (Å²) >= 11 is 0. The number of anilines is 1. The minimum absolute atomic E-state index is 0.0552. The first-order valence-corrected chi connectivity index (χ1v) is 7.84. The van der Waals surface area contributed by atoms with Crippen molar-refractivity contribution in [1.29, 1.82) is 10.5 Å². The molecule has 0 bridgehead atoms. The molecule has 1 heterocycles. The summed E-state index contributed by atoms with van der Waals surface area (Å²) in [6, 6.07) is 12.1. The van der Waals surface area contributed by atoms with E-state index in [2.05, 4.69) is 40.8 Å². The van der Waals surface area contributed by atoms with Crippen LogP contribution < -0.4 is 4.90 Å². The van der Waals surface area contributed by atoms with Gasteiger partial charge in [-0.05, 0) is 44.5 Å². The average Bonchev–Trinajstić information content (AvgIpc) is 2.62. The Bertz CT molecular complexity index is 819. The molecule has 5 heteroatoms. The zero-order chi connectivity index (χ0) is 17.5. The highest BCUT2D eigenvalue weighted by molar-refractivity contribution is 5.70. The van der Waals surface area contributed by atoms with Crippen LogP contribution in [0, 0.1) is 29.6 Å². The molecule has 2 aromatic rings. The van der Waals surface area contributed by atoms with Gasteiger partial charge in [-0.25, -0.2) is 9.97 Å². The topological polar surface area (TPSA) is 76.6 Å². The quantitative estimate of drug-likeness (QED) is 0.843. The maximum absolute atomic E-state index is 9.05. The molecule has 0 amide bonds. The first-order chi connectivity index (χ1) is 11.6. The maximum Gasteiger partial charge on any atom is 0.177 e. The van der Waals surface area contributed by atoms with Crippen LogP contribution in [-0.2, 0) is 0 Å². The van der Waals surface area contributed by atoms with Gasteiger partial charge in [-0.15, -0.1) is 0 Å². The molecular formula is C19H19N5. The highest BCUT2D eigenvalue weighted by Crippen LogP contribution is 2.17. The zero-order valence-corrected chi connectivity index (χ0v) is 14.1. The Kier molecular flexibility index (Phi) is 5.65. The molecule has 0 unspecified atom stereocenters. The molecule has 1 aromatic heterocycles. The van der Waals surface area contributed by atoms with Gasteiger partial charge in [-0.3, -0.25) is 0 Å². The average molecular weight is 317 g/mol. The Labute approximate surface area is 142 Å². The van der Waals surface area contributed by atoms with Gasteiger partial charge in [-0.2, -0.15) is 10.5 Å². The van der Waals surface area contributed by atoms with E-state index in [1.807, 2.05) is 36.4 Å². The van der Waals surface area contributed by atoms with Crippen LogP contribution in [0.25, 0.3) is 12.2 Å². The number of hydrogen-bond donors (Lipinski definition) is 0. The summed E-state index contributed by atoms with van der Waals surface area (Å²) < 4.78 is 0. The third kappa shape index (κ3) is 3.77. The second kappa shape index (κ2) is 7.89. The number of hydrogen-bond acceptors (Lipinski definition) is 5. The van der Waals surface area contributed by atoms with Gasteiger partial charge in [0.25, 0.3) is 0 Å². The smallest absolute Gasteiger partial charge is 0.177 e. The Balaban J connectivity index is 2.26. The van der Waals surface area contributed by atoms with Gasteiger partial charge in [0, 0.05) is 18.8 Å².